The summed E-state index contributed by atoms with van der Waals surface area (Å²) >= 11 is 0. The van der Waals surface area contributed by atoms with E-state index in [0.717, 1.165) is 5.56 Å². The van der Waals surface area contributed by atoms with Gasteiger partial charge < -0.3 is 25.1 Å². The Morgan fingerprint density at radius 2 is 1.73 bits per heavy atom. The van der Waals surface area contributed by atoms with E-state index in [1.807, 2.05) is 26.8 Å². The number of carbonyl (C=O) groups is 1. The number of amides is 1. The molecule has 33 heavy (non-hydrogen) atoms. The first-order valence-electron chi connectivity index (χ1n) is 10.8. The summed E-state index contributed by atoms with van der Waals surface area (Å²) in [5.74, 6) is 0.263. The number of hydrogen-bond donors (Lipinski definition) is 3. The minimum absolute atomic E-state index is 0.0367. The molecule has 0 fully saturated rings. The summed E-state index contributed by atoms with van der Waals surface area (Å²) in [6.07, 6.45) is 1.70. The summed E-state index contributed by atoms with van der Waals surface area (Å²) in [6, 6.07) is 6.18. The maximum absolute atomic E-state index is 12.5. The van der Waals surface area contributed by atoms with Crippen molar-refractivity contribution in [3.05, 3.63) is 67.9 Å². The van der Waals surface area contributed by atoms with Crippen molar-refractivity contribution in [2.24, 2.45) is 5.41 Å². The zero-order valence-electron chi connectivity index (χ0n) is 20.1. The minimum Gasteiger partial charge on any atom is -0.505 e. The predicted molar refractivity (Wildman–Crippen MR) is 129 cm³/mol. The number of hydrogen-bond acceptors (Lipinski definition) is 7. The van der Waals surface area contributed by atoms with Crippen LogP contribution in [0.2, 0.25) is 0 Å². The van der Waals surface area contributed by atoms with Crippen LogP contribution in [-0.4, -0.2) is 30.0 Å². The van der Waals surface area contributed by atoms with Crippen molar-refractivity contribution in [1.82, 2.24) is 4.90 Å². The number of carbonyl (C=O) groups excluding carboxylic acids is 1. The highest BCUT2D eigenvalue weighted by Crippen LogP contribution is 2.39. The second-order valence-corrected chi connectivity index (χ2v) is 9.82. The first kappa shape index (κ1) is 24.1. The van der Waals surface area contributed by atoms with E-state index in [2.05, 4.69) is 24.5 Å². The van der Waals surface area contributed by atoms with Gasteiger partial charge in [0.25, 0.3) is 16.8 Å². The Morgan fingerprint density at radius 1 is 1.09 bits per heavy atom. The molecular weight excluding hydrogens is 422 g/mol. The molecule has 0 saturated carbocycles. The number of phenolic OH excluding ortho intramolecular Hbond substituents is 1. The van der Waals surface area contributed by atoms with Gasteiger partial charge >= 0.3 is 0 Å². The van der Waals surface area contributed by atoms with E-state index in [0.29, 0.717) is 5.76 Å². The lowest BCUT2D eigenvalue weighted by atomic mass is 9.84. The average Bonchev–Trinajstić information content (AvgIpc) is 3.22. The Bertz CT molecular complexity index is 1240. The highest BCUT2D eigenvalue weighted by atomic mass is 16.3. The van der Waals surface area contributed by atoms with Gasteiger partial charge in [-0.05, 0) is 35.1 Å². The number of rotatable bonds is 7. The van der Waals surface area contributed by atoms with E-state index >= 15 is 0 Å². The quantitative estimate of drug-likeness (QED) is 0.360. The van der Waals surface area contributed by atoms with Crippen molar-refractivity contribution in [3.8, 4) is 5.75 Å². The third-order valence-corrected chi connectivity index (χ3v) is 5.59. The Balaban J connectivity index is 1.96. The molecule has 0 radical (unpaired) electrons. The first-order valence-corrected chi connectivity index (χ1v) is 10.8. The molecule has 1 aromatic heterocycles. The van der Waals surface area contributed by atoms with Gasteiger partial charge in [0.15, 0.2) is 5.75 Å². The number of furan rings is 1. The summed E-state index contributed by atoms with van der Waals surface area (Å²) < 4.78 is 5.80. The molecule has 176 valence electrons. The molecule has 2 aromatic carbocycles. The van der Waals surface area contributed by atoms with Gasteiger partial charge in [0, 0.05) is 14.1 Å². The SMILES string of the molecule is CC(C)c1coc([C@H](Nc2c(Nc3cccc(C(=O)N(C)C)c3O)c(=O)c2=O)C(C)(C)C)c1. The van der Waals surface area contributed by atoms with Crippen molar-refractivity contribution in [1.29, 1.82) is 0 Å². The van der Waals surface area contributed by atoms with E-state index in [4.69, 9.17) is 4.42 Å². The lowest BCUT2D eigenvalue weighted by molar-refractivity contribution is 0.0824. The smallest absolute Gasteiger partial charge is 0.257 e. The lowest BCUT2D eigenvalue weighted by Gasteiger charge is -2.31. The maximum Gasteiger partial charge on any atom is 0.257 e. The number of para-hydroxylation sites is 1. The molecular formula is C25H31N3O5. The van der Waals surface area contributed by atoms with E-state index < -0.39 is 10.9 Å². The van der Waals surface area contributed by atoms with Crippen LogP contribution in [0.5, 0.6) is 5.75 Å². The van der Waals surface area contributed by atoms with Crippen LogP contribution < -0.4 is 21.5 Å². The molecule has 0 aliphatic rings. The van der Waals surface area contributed by atoms with Crippen molar-refractivity contribution < 1.29 is 14.3 Å². The molecule has 0 saturated heterocycles. The molecule has 0 unspecified atom stereocenters. The number of aromatic hydroxyl groups is 1. The van der Waals surface area contributed by atoms with Crippen LogP contribution in [0.1, 0.15) is 68.3 Å². The van der Waals surface area contributed by atoms with E-state index in [1.54, 1.807) is 26.4 Å². The molecule has 1 atom stereocenters. The van der Waals surface area contributed by atoms with Gasteiger partial charge in [-0.2, -0.15) is 0 Å². The molecule has 0 spiro atoms. The van der Waals surface area contributed by atoms with E-state index in [-0.39, 0.29) is 51.7 Å². The second kappa shape index (κ2) is 8.77. The van der Waals surface area contributed by atoms with Crippen LogP contribution in [0.25, 0.3) is 0 Å². The summed E-state index contributed by atoms with van der Waals surface area (Å²) in [7, 11) is 3.15. The van der Waals surface area contributed by atoms with Crippen LogP contribution in [0.4, 0.5) is 17.1 Å². The Hall–Kier alpha value is -3.55. The number of benzene rings is 1. The van der Waals surface area contributed by atoms with Crippen LogP contribution in [0.15, 0.2) is 44.5 Å². The predicted octanol–water partition coefficient (Wildman–Crippen LogP) is 4.35. The fourth-order valence-electron chi connectivity index (χ4n) is 3.52. The average molecular weight is 454 g/mol. The first-order chi connectivity index (χ1) is 15.3. The monoisotopic (exact) mass is 453 g/mol. The van der Waals surface area contributed by atoms with Crippen molar-refractivity contribution in [3.63, 3.8) is 0 Å². The number of phenols is 1. The fraction of sp³-hybridized carbons (Fsp3) is 0.400. The van der Waals surface area contributed by atoms with Crippen molar-refractivity contribution >= 4 is 23.0 Å². The Kier molecular flexibility index (Phi) is 6.40. The van der Waals surface area contributed by atoms with Crippen molar-refractivity contribution in [2.75, 3.05) is 24.7 Å². The summed E-state index contributed by atoms with van der Waals surface area (Å²) in [5, 5.41) is 16.6. The van der Waals surface area contributed by atoms with E-state index in [1.165, 1.54) is 17.0 Å². The minimum atomic E-state index is -0.698. The van der Waals surface area contributed by atoms with E-state index in [9.17, 15) is 19.5 Å². The molecule has 3 rings (SSSR count). The topological polar surface area (TPSA) is 112 Å². The van der Waals surface area contributed by atoms with Crippen LogP contribution in [0.3, 0.4) is 0 Å². The zero-order chi connectivity index (χ0) is 24.7. The number of nitrogens with zero attached hydrogens (tertiary/aromatic N) is 1. The van der Waals surface area contributed by atoms with Gasteiger partial charge in [0.05, 0.1) is 23.6 Å². The van der Waals surface area contributed by atoms with Gasteiger partial charge in [-0.15, -0.1) is 0 Å². The third-order valence-electron chi connectivity index (χ3n) is 5.59. The van der Waals surface area contributed by atoms with Gasteiger partial charge in [-0.1, -0.05) is 40.7 Å². The number of nitrogens with one attached hydrogen (secondary N) is 2. The fourth-order valence-corrected chi connectivity index (χ4v) is 3.52. The summed E-state index contributed by atoms with van der Waals surface area (Å²) in [6.45, 7) is 10.1. The van der Waals surface area contributed by atoms with Crippen LogP contribution >= 0.6 is 0 Å². The molecule has 8 nitrogen and oxygen atoms in total. The highest BCUT2D eigenvalue weighted by Gasteiger charge is 2.33. The summed E-state index contributed by atoms with van der Waals surface area (Å²) in [4.78, 5) is 38.5. The molecule has 3 N–H and O–H groups in total. The highest BCUT2D eigenvalue weighted by molar-refractivity contribution is 5.99. The molecule has 3 aromatic rings. The Labute approximate surface area is 192 Å². The van der Waals surface area contributed by atoms with Gasteiger partial charge in [0.2, 0.25) is 0 Å². The van der Waals surface area contributed by atoms with Gasteiger partial charge in [-0.25, -0.2) is 0 Å². The Morgan fingerprint density at radius 3 is 2.27 bits per heavy atom. The van der Waals surface area contributed by atoms with Crippen LogP contribution in [-0.2, 0) is 0 Å². The normalized spacial score (nSPS) is 12.7. The zero-order valence-corrected chi connectivity index (χ0v) is 20.1. The second-order valence-electron chi connectivity index (χ2n) is 9.82. The molecule has 1 amide bonds. The van der Waals surface area contributed by atoms with Crippen molar-refractivity contribution in [2.45, 2.75) is 46.6 Å². The van der Waals surface area contributed by atoms with Crippen LogP contribution in [0, 0.1) is 5.41 Å². The maximum atomic E-state index is 12.5. The standard InChI is InChI=1S/C25H31N3O5/c1-13(2)14-11-17(33-12-14)23(25(3,4)5)27-19-18(21(30)22(19)31)26-16-10-8-9-15(20(16)29)24(32)28(6)7/h8-13,23,26-27,29H,1-7H3/t23-/m0/s1. The number of anilines is 3. The molecule has 0 aliphatic heterocycles. The third kappa shape index (κ3) is 4.65. The lowest BCUT2D eigenvalue weighted by Crippen LogP contribution is -2.39. The molecule has 0 bridgehead atoms. The molecule has 1 heterocycles. The molecule has 8 heteroatoms. The summed E-state index contributed by atoms with van der Waals surface area (Å²) in [5.41, 5.74) is -0.257. The molecule has 0 aliphatic carbocycles. The van der Waals surface area contributed by atoms with Gasteiger partial charge in [-0.3, -0.25) is 14.4 Å². The largest absolute Gasteiger partial charge is 0.505 e. The van der Waals surface area contributed by atoms with Gasteiger partial charge in [0.1, 0.15) is 17.1 Å².